The first kappa shape index (κ1) is 19.1. The fourth-order valence-corrected chi connectivity index (χ4v) is 4.26. The number of pyridine rings is 1. The lowest BCUT2D eigenvalue weighted by Crippen LogP contribution is -2.29. The standard InChI is InChI=1S/C22H23N5OS/c1-13-12-18(14(2)24-13)21-20(19-6-4-5-11-23-19)26-22(29)27(21)17-9-7-16(8-10-17)25-15(3)28/h4-12,20-21,24H,1-3H3,(H,25,28)(H,26,29)/t20-,21-/m1/s1. The number of carbonyl (C=O) groups is 1. The molecular formula is C22H23N5OS. The van der Waals surface area contributed by atoms with Crippen molar-refractivity contribution in [3.05, 3.63) is 77.4 Å². The highest BCUT2D eigenvalue weighted by atomic mass is 32.1. The zero-order valence-electron chi connectivity index (χ0n) is 16.6. The Morgan fingerprint density at radius 2 is 1.93 bits per heavy atom. The summed E-state index contributed by atoms with van der Waals surface area (Å²) >= 11 is 5.74. The number of thiocarbonyl (C=S) groups is 1. The number of H-pyrrole nitrogens is 1. The summed E-state index contributed by atoms with van der Waals surface area (Å²) in [7, 11) is 0. The minimum absolute atomic E-state index is 0.0473. The van der Waals surface area contributed by atoms with Gasteiger partial charge in [-0.1, -0.05) is 6.07 Å². The summed E-state index contributed by atoms with van der Waals surface area (Å²) in [5.41, 5.74) is 6.05. The fraction of sp³-hybridized carbons (Fsp3) is 0.227. The number of amides is 1. The van der Waals surface area contributed by atoms with Crippen LogP contribution in [0.3, 0.4) is 0 Å². The lowest BCUT2D eigenvalue weighted by atomic mass is 9.96. The summed E-state index contributed by atoms with van der Waals surface area (Å²) in [5, 5.41) is 6.91. The first-order valence-electron chi connectivity index (χ1n) is 9.48. The zero-order valence-corrected chi connectivity index (χ0v) is 17.4. The summed E-state index contributed by atoms with van der Waals surface area (Å²) in [6.07, 6.45) is 1.80. The Kier molecular flexibility index (Phi) is 5.07. The molecule has 1 aromatic carbocycles. The highest BCUT2D eigenvalue weighted by Gasteiger charge is 2.41. The van der Waals surface area contributed by atoms with E-state index in [1.807, 2.05) is 42.5 Å². The van der Waals surface area contributed by atoms with Gasteiger partial charge < -0.3 is 20.5 Å². The molecule has 3 aromatic rings. The van der Waals surface area contributed by atoms with E-state index in [2.05, 4.69) is 45.4 Å². The molecule has 1 aliphatic rings. The first-order chi connectivity index (χ1) is 13.9. The number of hydrogen-bond acceptors (Lipinski definition) is 3. The van der Waals surface area contributed by atoms with Crippen LogP contribution in [-0.2, 0) is 4.79 Å². The molecule has 2 aromatic heterocycles. The first-order valence-corrected chi connectivity index (χ1v) is 9.89. The molecule has 4 rings (SSSR count). The second-order valence-electron chi connectivity index (χ2n) is 7.26. The third-order valence-corrected chi connectivity index (χ3v) is 5.39. The molecular weight excluding hydrogens is 382 g/mol. The molecule has 7 heteroatoms. The van der Waals surface area contributed by atoms with Crippen molar-refractivity contribution in [3.63, 3.8) is 0 Å². The molecule has 148 valence electrons. The van der Waals surface area contributed by atoms with Gasteiger partial charge >= 0.3 is 0 Å². The van der Waals surface area contributed by atoms with Crippen LogP contribution in [0.15, 0.2) is 54.7 Å². The molecule has 1 aliphatic heterocycles. The number of carbonyl (C=O) groups excluding carboxylic acids is 1. The minimum Gasteiger partial charge on any atom is -0.362 e. The van der Waals surface area contributed by atoms with E-state index in [-0.39, 0.29) is 18.0 Å². The van der Waals surface area contributed by atoms with Crippen molar-refractivity contribution in [2.24, 2.45) is 0 Å². The summed E-state index contributed by atoms with van der Waals surface area (Å²) in [6, 6.07) is 15.7. The quantitative estimate of drug-likeness (QED) is 0.569. The van der Waals surface area contributed by atoms with Gasteiger partial charge in [0.25, 0.3) is 0 Å². The van der Waals surface area contributed by atoms with Crippen molar-refractivity contribution < 1.29 is 4.79 Å². The average Bonchev–Trinajstić information content (AvgIpc) is 3.21. The SMILES string of the molecule is CC(=O)Nc1ccc(N2C(=S)N[C@H](c3ccccn3)[C@H]2c2cc(C)[nH]c2C)cc1. The van der Waals surface area contributed by atoms with Gasteiger partial charge in [0.2, 0.25) is 5.91 Å². The monoisotopic (exact) mass is 405 g/mol. The Morgan fingerprint density at radius 3 is 2.52 bits per heavy atom. The molecule has 0 spiro atoms. The number of nitrogens with one attached hydrogen (secondary N) is 3. The van der Waals surface area contributed by atoms with Crippen LogP contribution in [-0.4, -0.2) is 21.0 Å². The summed E-state index contributed by atoms with van der Waals surface area (Å²) in [6.45, 7) is 5.63. The van der Waals surface area contributed by atoms with E-state index in [1.165, 1.54) is 12.5 Å². The second-order valence-corrected chi connectivity index (χ2v) is 7.64. The molecule has 0 radical (unpaired) electrons. The van der Waals surface area contributed by atoms with E-state index in [0.717, 1.165) is 28.5 Å². The van der Waals surface area contributed by atoms with Gasteiger partial charge in [-0.05, 0) is 74.1 Å². The minimum atomic E-state index is -0.0948. The molecule has 3 heterocycles. The van der Waals surface area contributed by atoms with Gasteiger partial charge in [-0.2, -0.15) is 0 Å². The van der Waals surface area contributed by atoms with Crippen molar-refractivity contribution >= 4 is 34.6 Å². The van der Waals surface area contributed by atoms with E-state index >= 15 is 0 Å². The van der Waals surface area contributed by atoms with Gasteiger partial charge in [0.15, 0.2) is 5.11 Å². The molecule has 29 heavy (non-hydrogen) atoms. The van der Waals surface area contributed by atoms with Crippen LogP contribution in [0, 0.1) is 13.8 Å². The van der Waals surface area contributed by atoms with Crippen LogP contribution >= 0.6 is 12.2 Å². The third kappa shape index (κ3) is 3.73. The predicted molar refractivity (Wildman–Crippen MR) is 119 cm³/mol. The Morgan fingerprint density at radius 1 is 1.17 bits per heavy atom. The van der Waals surface area contributed by atoms with Crippen LogP contribution in [0.25, 0.3) is 0 Å². The maximum atomic E-state index is 11.3. The maximum absolute atomic E-state index is 11.3. The highest BCUT2D eigenvalue weighted by Crippen LogP contribution is 2.42. The van der Waals surface area contributed by atoms with Gasteiger partial charge in [0, 0.05) is 35.9 Å². The van der Waals surface area contributed by atoms with E-state index in [1.54, 1.807) is 6.20 Å². The third-order valence-electron chi connectivity index (χ3n) is 5.07. The second kappa shape index (κ2) is 7.67. The topological polar surface area (TPSA) is 73.1 Å². The Bertz CT molecular complexity index is 1040. The molecule has 3 N–H and O–H groups in total. The van der Waals surface area contributed by atoms with Crippen molar-refractivity contribution in [2.75, 3.05) is 10.2 Å². The molecule has 2 atom stereocenters. The number of benzene rings is 1. The lowest BCUT2D eigenvalue weighted by Gasteiger charge is -2.28. The zero-order chi connectivity index (χ0) is 20.5. The van der Waals surface area contributed by atoms with Crippen molar-refractivity contribution in [1.82, 2.24) is 15.3 Å². The molecule has 1 saturated heterocycles. The smallest absolute Gasteiger partial charge is 0.221 e. The Balaban J connectivity index is 1.77. The Labute approximate surface area is 175 Å². The van der Waals surface area contributed by atoms with Crippen molar-refractivity contribution in [3.8, 4) is 0 Å². The molecule has 0 unspecified atom stereocenters. The van der Waals surface area contributed by atoms with Gasteiger partial charge in [0.1, 0.15) is 0 Å². The van der Waals surface area contributed by atoms with Crippen LogP contribution in [0.5, 0.6) is 0 Å². The summed E-state index contributed by atoms with van der Waals surface area (Å²) in [4.78, 5) is 21.4. The number of aromatic nitrogens is 2. The molecule has 0 bridgehead atoms. The summed E-state index contributed by atoms with van der Waals surface area (Å²) < 4.78 is 0. The summed E-state index contributed by atoms with van der Waals surface area (Å²) in [5.74, 6) is -0.0948. The van der Waals surface area contributed by atoms with E-state index < -0.39 is 0 Å². The van der Waals surface area contributed by atoms with Gasteiger partial charge in [-0.25, -0.2) is 0 Å². The van der Waals surface area contributed by atoms with Crippen molar-refractivity contribution in [1.29, 1.82) is 0 Å². The molecule has 1 fully saturated rings. The van der Waals surface area contributed by atoms with E-state index in [4.69, 9.17) is 12.2 Å². The van der Waals surface area contributed by atoms with Crippen LogP contribution in [0.2, 0.25) is 0 Å². The Hall–Kier alpha value is -3.19. The highest BCUT2D eigenvalue weighted by molar-refractivity contribution is 7.80. The number of aryl methyl sites for hydroxylation is 2. The van der Waals surface area contributed by atoms with E-state index in [0.29, 0.717) is 5.11 Å². The number of aromatic amines is 1. The molecule has 1 amide bonds. The van der Waals surface area contributed by atoms with Gasteiger partial charge in [-0.3, -0.25) is 9.78 Å². The van der Waals surface area contributed by atoms with Gasteiger partial charge in [0.05, 0.1) is 17.8 Å². The van der Waals surface area contributed by atoms with Crippen LogP contribution < -0.4 is 15.5 Å². The lowest BCUT2D eigenvalue weighted by molar-refractivity contribution is -0.114. The number of anilines is 2. The fourth-order valence-electron chi connectivity index (χ4n) is 3.91. The van der Waals surface area contributed by atoms with E-state index in [9.17, 15) is 4.79 Å². The maximum Gasteiger partial charge on any atom is 0.221 e. The van der Waals surface area contributed by atoms with Crippen LogP contribution in [0.1, 0.15) is 41.7 Å². The van der Waals surface area contributed by atoms with Crippen molar-refractivity contribution in [2.45, 2.75) is 32.9 Å². The molecule has 0 saturated carbocycles. The number of hydrogen-bond donors (Lipinski definition) is 3. The number of rotatable bonds is 4. The average molecular weight is 406 g/mol. The van der Waals surface area contributed by atoms with Gasteiger partial charge in [-0.15, -0.1) is 0 Å². The number of nitrogens with zero attached hydrogens (tertiary/aromatic N) is 2. The normalized spacial score (nSPS) is 18.6. The van der Waals surface area contributed by atoms with Crippen LogP contribution in [0.4, 0.5) is 11.4 Å². The predicted octanol–water partition coefficient (Wildman–Crippen LogP) is 4.16. The molecule has 6 nitrogen and oxygen atoms in total. The largest absolute Gasteiger partial charge is 0.362 e. The molecule has 0 aliphatic carbocycles.